The molecule has 100 valence electrons. The van der Waals surface area contributed by atoms with Crippen molar-refractivity contribution in [2.24, 2.45) is 16.7 Å². The number of carbonyl (C=O) groups excluding carboxylic acids is 1. The third kappa shape index (κ3) is 4.21. The molecule has 1 fully saturated rings. The van der Waals surface area contributed by atoms with Gasteiger partial charge in [-0.05, 0) is 36.0 Å². The van der Waals surface area contributed by atoms with Gasteiger partial charge in [0.1, 0.15) is 0 Å². The topological polar surface area (TPSA) is 32.3 Å². The molecule has 0 bridgehead atoms. The maximum absolute atomic E-state index is 11.6. The van der Waals surface area contributed by atoms with Gasteiger partial charge in [-0.2, -0.15) is 0 Å². The Balaban J connectivity index is 2.58. The smallest absolute Gasteiger partial charge is 0.316 e. The summed E-state index contributed by atoms with van der Waals surface area (Å²) in [5.74, 6) is 0.750. The Kier molecular flexibility index (Phi) is 4.11. The van der Waals surface area contributed by atoms with Crippen LogP contribution in [0.25, 0.3) is 0 Å². The van der Waals surface area contributed by atoms with Crippen LogP contribution < -0.4 is 5.32 Å². The molecule has 1 saturated carbocycles. The molecule has 0 heterocycles. The molecule has 3 heteroatoms. The third-order valence-electron chi connectivity index (χ3n) is 3.72. The molecule has 1 N–H and O–H groups in total. The molecule has 0 spiro atoms. The van der Waals surface area contributed by atoms with Crippen LogP contribution in [0.15, 0.2) is 0 Å². The molecule has 0 saturated heterocycles. The average molecular weight is 240 g/mol. The van der Waals surface area contributed by atoms with Crippen LogP contribution in [0, 0.1) is 16.7 Å². The number of nitrogens with one attached hydrogen (secondary N) is 1. The van der Waals surface area contributed by atoms with Gasteiger partial charge in [0.05, 0.1) is 0 Å². The highest BCUT2D eigenvalue weighted by Crippen LogP contribution is 2.48. The number of rotatable bonds is 2. The van der Waals surface area contributed by atoms with Crippen molar-refractivity contribution >= 4 is 6.03 Å². The molecule has 1 aliphatic carbocycles. The van der Waals surface area contributed by atoms with Crippen LogP contribution in [-0.2, 0) is 0 Å². The third-order valence-corrected chi connectivity index (χ3v) is 3.72. The number of amides is 2. The molecule has 1 rings (SSSR count). The number of nitrogens with zero attached hydrogens (tertiary/aromatic N) is 1. The Bertz CT molecular complexity index is 286. The van der Waals surface area contributed by atoms with Crippen molar-refractivity contribution in [2.75, 3.05) is 20.6 Å². The number of hydrogen-bond donors (Lipinski definition) is 1. The Morgan fingerprint density at radius 2 is 1.88 bits per heavy atom. The van der Waals surface area contributed by atoms with E-state index in [0.29, 0.717) is 5.41 Å². The SMILES string of the molecule is C[C@@H]1CC(C)(C)CC(C)(CNC(=O)N(C)C)C1. The second-order valence-corrected chi connectivity index (χ2v) is 7.22. The highest BCUT2D eigenvalue weighted by Gasteiger charge is 2.39. The van der Waals surface area contributed by atoms with Crippen molar-refractivity contribution < 1.29 is 4.79 Å². The summed E-state index contributed by atoms with van der Waals surface area (Å²) in [4.78, 5) is 13.2. The van der Waals surface area contributed by atoms with Crippen LogP contribution in [0.1, 0.15) is 47.0 Å². The van der Waals surface area contributed by atoms with Crippen molar-refractivity contribution in [2.45, 2.75) is 47.0 Å². The highest BCUT2D eigenvalue weighted by molar-refractivity contribution is 5.73. The van der Waals surface area contributed by atoms with Crippen molar-refractivity contribution in [3.8, 4) is 0 Å². The molecule has 0 aromatic rings. The van der Waals surface area contributed by atoms with Crippen molar-refractivity contribution in [1.82, 2.24) is 10.2 Å². The quantitative estimate of drug-likeness (QED) is 0.790. The van der Waals surface area contributed by atoms with Crippen LogP contribution in [0.3, 0.4) is 0 Å². The van der Waals surface area contributed by atoms with Crippen molar-refractivity contribution in [3.63, 3.8) is 0 Å². The van der Waals surface area contributed by atoms with Crippen LogP contribution in [0.4, 0.5) is 4.79 Å². The van der Waals surface area contributed by atoms with E-state index in [4.69, 9.17) is 0 Å². The summed E-state index contributed by atoms with van der Waals surface area (Å²) in [7, 11) is 3.57. The fourth-order valence-electron chi connectivity index (χ4n) is 3.74. The van der Waals surface area contributed by atoms with Crippen molar-refractivity contribution in [3.05, 3.63) is 0 Å². The second kappa shape index (κ2) is 4.87. The standard InChI is InChI=1S/C14H28N2O/c1-11-7-13(2,3)9-14(4,8-11)10-15-12(17)16(5)6/h11H,7-10H2,1-6H3,(H,15,17)/t11-,14?/m1/s1. The van der Waals surface area contributed by atoms with E-state index in [0.717, 1.165) is 12.5 Å². The maximum Gasteiger partial charge on any atom is 0.316 e. The van der Waals surface area contributed by atoms with E-state index in [1.807, 2.05) is 0 Å². The van der Waals surface area contributed by atoms with Gasteiger partial charge in [0.25, 0.3) is 0 Å². The Hall–Kier alpha value is -0.730. The first-order valence-corrected chi connectivity index (χ1v) is 6.59. The number of urea groups is 1. The zero-order valence-electron chi connectivity index (χ0n) is 12.3. The lowest BCUT2D eigenvalue weighted by atomic mass is 9.61. The lowest BCUT2D eigenvalue weighted by molar-refractivity contribution is 0.0616. The van der Waals surface area contributed by atoms with E-state index in [9.17, 15) is 4.79 Å². The summed E-state index contributed by atoms with van der Waals surface area (Å²) in [6.07, 6.45) is 3.70. The van der Waals surface area contributed by atoms with Crippen molar-refractivity contribution in [1.29, 1.82) is 0 Å². The minimum atomic E-state index is 0.0160. The summed E-state index contributed by atoms with van der Waals surface area (Å²) < 4.78 is 0. The van der Waals surface area contributed by atoms with Gasteiger partial charge >= 0.3 is 6.03 Å². The molecule has 3 nitrogen and oxygen atoms in total. The number of carbonyl (C=O) groups is 1. The van der Waals surface area contributed by atoms with Gasteiger partial charge in [0.2, 0.25) is 0 Å². The normalized spacial score (nSPS) is 32.0. The summed E-state index contributed by atoms with van der Waals surface area (Å²) in [5.41, 5.74) is 0.641. The molecule has 2 amide bonds. The van der Waals surface area contributed by atoms with Crippen LogP contribution in [0.2, 0.25) is 0 Å². The Labute approximate surface area is 106 Å². The summed E-state index contributed by atoms with van der Waals surface area (Å²) >= 11 is 0. The van der Waals surface area contributed by atoms with E-state index in [1.54, 1.807) is 19.0 Å². The minimum Gasteiger partial charge on any atom is -0.337 e. The minimum absolute atomic E-state index is 0.0160. The molecule has 0 radical (unpaired) electrons. The molecule has 0 aromatic carbocycles. The predicted octanol–water partition coefficient (Wildman–Crippen LogP) is 3.11. The fraction of sp³-hybridized carbons (Fsp3) is 0.929. The summed E-state index contributed by atoms with van der Waals surface area (Å²) in [6.45, 7) is 10.1. The predicted molar refractivity (Wildman–Crippen MR) is 72.0 cm³/mol. The second-order valence-electron chi connectivity index (χ2n) is 7.22. The summed E-state index contributed by atoms with van der Waals surface area (Å²) in [6, 6.07) is 0.0160. The molecular weight excluding hydrogens is 212 g/mol. The Morgan fingerprint density at radius 1 is 1.29 bits per heavy atom. The first-order chi connectivity index (χ1) is 7.64. The fourth-order valence-corrected chi connectivity index (χ4v) is 3.74. The van der Waals surface area contributed by atoms with Gasteiger partial charge in [0, 0.05) is 20.6 Å². The van der Waals surface area contributed by atoms with Crippen LogP contribution in [0.5, 0.6) is 0 Å². The molecule has 1 unspecified atom stereocenters. The summed E-state index contributed by atoms with van der Waals surface area (Å²) in [5, 5.41) is 3.04. The molecule has 1 aliphatic rings. The van der Waals surface area contributed by atoms with Gasteiger partial charge < -0.3 is 10.2 Å². The molecule has 0 aromatic heterocycles. The zero-order chi connectivity index (χ0) is 13.3. The first-order valence-electron chi connectivity index (χ1n) is 6.59. The van der Waals surface area contributed by atoms with Gasteiger partial charge in [0.15, 0.2) is 0 Å². The van der Waals surface area contributed by atoms with E-state index in [2.05, 4.69) is 33.0 Å². The largest absolute Gasteiger partial charge is 0.337 e. The average Bonchev–Trinajstić information content (AvgIpc) is 2.09. The van der Waals surface area contributed by atoms with Crippen LogP contribution >= 0.6 is 0 Å². The van der Waals surface area contributed by atoms with Gasteiger partial charge in [-0.25, -0.2) is 4.79 Å². The highest BCUT2D eigenvalue weighted by atomic mass is 16.2. The van der Waals surface area contributed by atoms with E-state index in [-0.39, 0.29) is 11.4 Å². The Morgan fingerprint density at radius 3 is 2.35 bits per heavy atom. The van der Waals surface area contributed by atoms with Gasteiger partial charge in [-0.3, -0.25) is 0 Å². The lowest BCUT2D eigenvalue weighted by Crippen LogP contribution is -2.45. The maximum atomic E-state index is 11.6. The van der Waals surface area contributed by atoms with Gasteiger partial charge in [-0.1, -0.05) is 27.7 Å². The van der Waals surface area contributed by atoms with Gasteiger partial charge in [-0.15, -0.1) is 0 Å². The molecule has 17 heavy (non-hydrogen) atoms. The zero-order valence-corrected chi connectivity index (χ0v) is 12.3. The monoisotopic (exact) mass is 240 g/mol. The van der Waals surface area contributed by atoms with Crippen LogP contribution in [-0.4, -0.2) is 31.6 Å². The lowest BCUT2D eigenvalue weighted by Gasteiger charge is -2.46. The number of hydrogen-bond acceptors (Lipinski definition) is 1. The van der Waals surface area contributed by atoms with E-state index in [1.165, 1.54) is 19.3 Å². The molecular formula is C14H28N2O. The molecule has 2 atom stereocenters. The molecule has 0 aliphatic heterocycles. The van der Waals surface area contributed by atoms with E-state index >= 15 is 0 Å². The first kappa shape index (κ1) is 14.3. The van der Waals surface area contributed by atoms with E-state index < -0.39 is 0 Å².